The Morgan fingerprint density at radius 3 is 2.27 bits per heavy atom. The van der Waals surface area contributed by atoms with Crippen LogP contribution in [0.25, 0.3) is 5.69 Å². The van der Waals surface area contributed by atoms with Gasteiger partial charge in [0.2, 0.25) is 0 Å². The van der Waals surface area contributed by atoms with Crippen molar-refractivity contribution in [2.75, 3.05) is 32.8 Å². The summed E-state index contributed by atoms with van der Waals surface area (Å²) in [4.78, 5) is 39.9. The Kier molecular flexibility index (Phi) is 5.36. The van der Waals surface area contributed by atoms with Gasteiger partial charge >= 0.3 is 6.09 Å². The van der Waals surface area contributed by atoms with Crippen LogP contribution >= 0.6 is 0 Å². The number of carbonyl (C=O) groups is 2. The van der Waals surface area contributed by atoms with Crippen LogP contribution in [0.4, 0.5) is 4.79 Å². The third-order valence-corrected chi connectivity index (χ3v) is 4.29. The smallest absolute Gasteiger partial charge is 0.409 e. The number of ether oxygens (including phenoxy) is 1. The summed E-state index contributed by atoms with van der Waals surface area (Å²) >= 11 is 0. The van der Waals surface area contributed by atoms with E-state index in [-0.39, 0.29) is 17.6 Å². The number of rotatable bonds is 3. The molecular formula is C19H21N3O4. The van der Waals surface area contributed by atoms with Crippen molar-refractivity contribution in [1.29, 1.82) is 0 Å². The van der Waals surface area contributed by atoms with E-state index >= 15 is 0 Å². The highest BCUT2D eigenvalue weighted by atomic mass is 16.6. The third kappa shape index (κ3) is 3.77. The number of hydrogen-bond donors (Lipinski definition) is 0. The highest BCUT2D eigenvalue weighted by Gasteiger charge is 2.25. The van der Waals surface area contributed by atoms with Gasteiger partial charge in [0.1, 0.15) is 0 Å². The van der Waals surface area contributed by atoms with Crippen molar-refractivity contribution in [3.05, 3.63) is 64.6 Å². The van der Waals surface area contributed by atoms with E-state index in [1.165, 1.54) is 10.6 Å². The molecule has 0 N–H and O–H groups in total. The molecule has 0 saturated carbocycles. The molecule has 1 fully saturated rings. The molecule has 7 nitrogen and oxygen atoms in total. The SMILES string of the molecule is CCOC(=O)N1CCN(C(=O)c2ccc(=O)n(-c3ccccc3)c2)CC1. The van der Waals surface area contributed by atoms with Gasteiger partial charge in [-0.3, -0.25) is 14.2 Å². The topological polar surface area (TPSA) is 71.8 Å². The Hall–Kier alpha value is -3.09. The van der Waals surface area contributed by atoms with Crippen molar-refractivity contribution >= 4 is 12.0 Å². The Morgan fingerprint density at radius 1 is 0.962 bits per heavy atom. The summed E-state index contributed by atoms with van der Waals surface area (Å²) in [6.45, 7) is 3.83. The summed E-state index contributed by atoms with van der Waals surface area (Å²) in [7, 11) is 0. The molecule has 3 rings (SSSR count). The van der Waals surface area contributed by atoms with E-state index in [9.17, 15) is 14.4 Å². The molecular weight excluding hydrogens is 334 g/mol. The summed E-state index contributed by atoms with van der Waals surface area (Å²) < 4.78 is 6.45. The van der Waals surface area contributed by atoms with Gasteiger partial charge in [-0.15, -0.1) is 0 Å². The van der Waals surface area contributed by atoms with Crippen molar-refractivity contribution in [2.45, 2.75) is 6.92 Å². The van der Waals surface area contributed by atoms with E-state index < -0.39 is 0 Å². The fourth-order valence-corrected chi connectivity index (χ4v) is 2.89. The van der Waals surface area contributed by atoms with Gasteiger partial charge in [-0.2, -0.15) is 0 Å². The number of carbonyl (C=O) groups excluding carboxylic acids is 2. The number of aromatic nitrogens is 1. The molecule has 2 heterocycles. The highest BCUT2D eigenvalue weighted by molar-refractivity contribution is 5.94. The Labute approximate surface area is 151 Å². The van der Waals surface area contributed by atoms with Crippen LogP contribution in [0, 0.1) is 0 Å². The predicted molar refractivity (Wildman–Crippen MR) is 96.5 cm³/mol. The van der Waals surface area contributed by atoms with E-state index in [1.807, 2.05) is 30.3 Å². The monoisotopic (exact) mass is 355 g/mol. The first-order valence-electron chi connectivity index (χ1n) is 8.59. The summed E-state index contributed by atoms with van der Waals surface area (Å²) in [5.41, 5.74) is 0.956. The van der Waals surface area contributed by atoms with Crippen molar-refractivity contribution in [2.24, 2.45) is 0 Å². The summed E-state index contributed by atoms with van der Waals surface area (Å²) in [6, 6.07) is 12.1. The van der Waals surface area contributed by atoms with Gasteiger partial charge in [0, 0.05) is 44.1 Å². The number of hydrogen-bond acceptors (Lipinski definition) is 4. The zero-order valence-electron chi connectivity index (χ0n) is 14.6. The van der Waals surface area contributed by atoms with Gasteiger partial charge < -0.3 is 14.5 Å². The zero-order chi connectivity index (χ0) is 18.5. The van der Waals surface area contributed by atoms with Crippen LogP contribution in [0.5, 0.6) is 0 Å². The number of piperazine rings is 1. The average molecular weight is 355 g/mol. The molecule has 1 aromatic carbocycles. The van der Waals surface area contributed by atoms with Gasteiger partial charge in [-0.05, 0) is 25.1 Å². The molecule has 0 atom stereocenters. The Bertz CT molecular complexity index is 839. The van der Waals surface area contributed by atoms with Crippen LogP contribution in [0.15, 0.2) is 53.5 Å². The van der Waals surface area contributed by atoms with Crippen LogP contribution < -0.4 is 5.56 Å². The van der Waals surface area contributed by atoms with E-state index in [2.05, 4.69) is 0 Å². The molecule has 1 saturated heterocycles. The molecule has 1 aromatic heterocycles. The Morgan fingerprint density at radius 2 is 1.62 bits per heavy atom. The van der Waals surface area contributed by atoms with Crippen LogP contribution in [0.3, 0.4) is 0 Å². The third-order valence-electron chi connectivity index (χ3n) is 4.29. The molecule has 0 bridgehead atoms. The fraction of sp³-hybridized carbons (Fsp3) is 0.316. The minimum Gasteiger partial charge on any atom is -0.450 e. The number of benzene rings is 1. The molecule has 0 radical (unpaired) electrons. The van der Waals surface area contributed by atoms with E-state index in [4.69, 9.17) is 4.74 Å². The molecule has 1 aliphatic heterocycles. The summed E-state index contributed by atoms with van der Waals surface area (Å²) in [6.07, 6.45) is 1.22. The lowest BCUT2D eigenvalue weighted by Crippen LogP contribution is -2.50. The second-order valence-electron chi connectivity index (χ2n) is 5.94. The average Bonchev–Trinajstić information content (AvgIpc) is 2.69. The molecule has 0 unspecified atom stereocenters. The first kappa shape index (κ1) is 17.7. The molecule has 2 amide bonds. The lowest BCUT2D eigenvalue weighted by Gasteiger charge is -2.34. The molecule has 0 aliphatic carbocycles. The highest BCUT2D eigenvalue weighted by Crippen LogP contribution is 2.11. The molecule has 7 heteroatoms. The zero-order valence-corrected chi connectivity index (χ0v) is 14.6. The number of amides is 2. The van der Waals surface area contributed by atoms with Gasteiger partial charge in [-0.25, -0.2) is 4.79 Å². The van der Waals surface area contributed by atoms with Gasteiger partial charge in [0.15, 0.2) is 0 Å². The van der Waals surface area contributed by atoms with Gasteiger partial charge in [-0.1, -0.05) is 18.2 Å². The number of pyridine rings is 1. The van der Waals surface area contributed by atoms with Crippen molar-refractivity contribution in [1.82, 2.24) is 14.4 Å². The first-order valence-corrected chi connectivity index (χ1v) is 8.59. The lowest BCUT2D eigenvalue weighted by atomic mass is 10.2. The second-order valence-corrected chi connectivity index (χ2v) is 5.94. The fourth-order valence-electron chi connectivity index (χ4n) is 2.89. The van der Waals surface area contributed by atoms with Crippen molar-refractivity contribution in [3.8, 4) is 5.69 Å². The van der Waals surface area contributed by atoms with Crippen molar-refractivity contribution < 1.29 is 14.3 Å². The minimum atomic E-state index is -0.350. The largest absolute Gasteiger partial charge is 0.450 e. The first-order chi connectivity index (χ1) is 12.6. The predicted octanol–water partition coefficient (Wildman–Crippen LogP) is 1.75. The molecule has 0 spiro atoms. The molecule has 26 heavy (non-hydrogen) atoms. The second kappa shape index (κ2) is 7.86. The van der Waals surface area contributed by atoms with Gasteiger partial charge in [0.05, 0.1) is 12.2 Å². The van der Waals surface area contributed by atoms with Crippen LogP contribution in [0.2, 0.25) is 0 Å². The molecule has 1 aliphatic rings. The normalized spacial score (nSPS) is 14.2. The van der Waals surface area contributed by atoms with Crippen LogP contribution in [-0.4, -0.2) is 59.2 Å². The lowest BCUT2D eigenvalue weighted by molar-refractivity contribution is 0.0570. The summed E-state index contributed by atoms with van der Waals surface area (Å²) in [5.74, 6) is -0.154. The minimum absolute atomic E-state index is 0.154. The van der Waals surface area contributed by atoms with E-state index in [1.54, 1.807) is 29.0 Å². The van der Waals surface area contributed by atoms with Gasteiger partial charge in [0.25, 0.3) is 11.5 Å². The number of nitrogens with zero attached hydrogens (tertiary/aromatic N) is 3. The molecule has 136 valence electrons. The van der Waals surface area contributed by atoms with Crippen LogP contribution in [0.1, 0.15) is 17.3 Å². The Balaban J connectivity index is 1.73. The standard InChI is InChI=1S/C19H21N3O4/c1-2-26-19(25)21-12-10-20(11-13-21)18(24)15-8-9-17(23)22(14-15)16-6-4-3-5-7-16/h3-9,14H,2,10-13H2,1H3. The van der Waals surface area contributed by atoms with Crippen LogP contribution in [-0.2, 0) is 4.74 Å². The maximum absolute atomic E-state index is 12.8. The van der Waals surface area contributed by atoms with E-state index in [0.717, 1.165) is 0 Å². The quantitative estimate of drug-likeness (QED) is 0.841. The maximum atomic E-state index is 12.8. The summed E-state index contributed by atoms with van der Waals surface area (Å²) in [5, 5.41) is 0. The van der Waals surface area contributed by atoms with Crippen molar-refractivity contribution in [3.63, 3.8) is 0 Å². The van der Waals surface area contributed by atoms with E-state index in [0.29, 0.717) is 44.0 Å². The maximum Gasteiger partial charge on any atom is 0.409 e. The molecule has 2 aromatic rings. The number of para-hydroxylation sites is 1.